The third-order valence-corrected chi connectivity index (χ3v) is 4.23. The predicted octanol–water partition coefficient (Wildman–Crippen LogP) is 0.958. The van der Waals surface area contributed by atoms with Crippen LogP contribution < -0.4 is 14.8 Å². The fraction of sp³-hybridized carbons (Fsp3) is 0.588. The van der Waals surface area contributed by atoms with Gasteiger partial charge in [0.25, 0.3) is 0 Å². The number of likely N-dealkylation sites (N-methyl/N-ethyl adjacent to an activating group) is 1. The molecule has 1 N–H and O–H groups in total. The van der Waals surface area contributed by atoms with E-state index in [1.54, 1.807) is 14.2 Å². The van der Waals surface area contributed by atoms with Gasteiger partial charge in [0, 0.05) is 32.7 Å². The molecule has 1 amide bonds. The van der Waals surface area contributed by atoms with Crippen LogP contribution in [0.15, 0.2) is 18.2 Å². The SMILES string of the molecule is CCN1CCN(C(=O)CNCc2ccc(OC)c(OC)c2)CC1. The lowest BCUT2D eigenvalue weighted by Gasteiger charge is -2.34. The van der Waals surface area contributed by atoms with Crippen molar-refractivity contribution in [1.29, 1.82) is 0 Å². The van der Waals surface area contributed by atoms with E-state index in [9.17, 15) is 4.79 Å². The first-order valence-corrected chi connectivity index (χ1v) is 8.09. The number of carbonyl (C=O) groups is 1. The molecule has 0 atom stereocenters. The summed E-state index contributed by atoms with van der Waals surface area (Å²) in [7, 11) is 3.24. The van der Waals surface area contributed by atoms with Crippen LogP contribution in [0.25, 0.3) is 0 Å². The van der Waals surface area contributed by atoms with Gasteiger partial charge in [-0.05, 0) is 24.2 Å². The van der Waals surface area contributed by atoms with Gasteiger partial charge < -0.3 is 24.6 Å². The lowest BCUT2D eigenvalue weighted by atomic mass is 10.2. The Morgan fingerprint density at radius 2 is 1.83 bits per heavy atom. The average Bonchev–Trinajstić information content (AvgIpc) is 2.61. The first kappa shape index (κ1) is 17.6. The summed E-state index contributed by atoms with van der Waals surface area (Å²) in [5.41, 5.74) is 1.06. The highest BCUT2D eigenvalue weighted by atomic mass is 16.5. The van der Waals surface area contributed by atoms with Crippen LogP contribution in [-0.4, -0.2) is 69.2 Å². The van der Waals surface area contributed by atoms with Gasteiger partial charge >= 0.3 is 0 Å². The van der Waals surface area contributed by atoms with E-state index >= 15 is 0 Å². The number of benzene rings is 1. The number of carbonyl (C=O) groups excluding carboxylic acids is 1. The lowest BCUT2D eigenvalue weighted by molar-refractivity contribution is -0.131. The molecule has 0 radical (unpaired) electrons. The number of amides is 1. The zero-order chi connectivity index (χ0) is 16.7. The minimum atomic E-state index is 0.168. The Bertz CT molecular complexity index is 514. The minimum Gasteiger partial charge on any atom is -0.493 e. The van der Waals surface area contributed by atoms with Gasteiger partial charge in [0.1, 0.15) is 0 Å². The minimum absolute atomic E-state index is 0.168. The molecule has 0 saturated carbocycles. The van der Waals surface area contributed by atoms with E-state index in [2.05, 4.69) is 17.1 Å². The van der Waals surface area contributed by atoms with Crippen LogP contribution in [0.4, 0.5) is 0 Å². The number of hydrogen-bond donors (Lipinski definition) is 1. The summed E-state index contributed by atoms with van der Waals surface area (Å²) in [6.45, 7) is 7.79. The molecular weight excluding hydrogens is 294 g/mol. The van der Waals surface area contributed by atoms with E-state index in [1.165, 1.54) is 0 Å². The quantitative estimate of drug-likeness (QED) is 0.811. The summed E-state index contributed by atoms with van der Waals surface area (Å²) in [6, 6.07) is 5.77. The Morgan fingerprint density at radius 1 is 1.13 bits per heavy atom. The molecule has 6 heteroatoms. The van der Waals surface area contributed by atoms with E-state index < -0.39 is 0 Å². The number of ether oxygens (including phenoxy) is 2. The Balaban J connectivity index is 1.77. The van der Waals surface area contributed by atoms with Crippen LogP contribution in [0, 0.1) is 0 Å². The molecule has 1 aromatic rings. The highest BCUT2D eigenvalue weighted by Gasteiger charge is 2.19. The van der Waals surface area contributed by atoms with E-state index in [-0.39, 0.29) is 5.91 Å². The Hall–Kier alpha value is -1.79. The summed E-state index contributed by atoms with van der Waals surface area (Å²) < 4.78 is 10.5. The van der Waals surface area contributed by atoms with Crippen molar-refractivity contribution in [2.24, 2.45) is 0 Å². The van der Waals surface area contributed by atoms with Gasteiger partial charge in [-0.15, -0.1) is 0 Å². The van der Waals surface area contributed by atoms with Gasteiger partial charge in [0.05, 0.1) is 20.8 Å². The number of piperazine rings is 1. The summed E-state index contributed by atoms with van der Waals surface area (Å²) in [5, 5.41) is 3.21. The molecule has 1 fully saturated rings. The van der Waals surface area contributed by atoms with E-state index in [0.29, 0.717) is 24.6 Å². The van der Waals surface area contributed by atoms with Crippen molar-refractivity contribution < 1.29 is 14.3 Å². The normalized spacial score (nSPS) is 15.5. The second-order valence-electron chi connectivity index (χ2n) is 5.61. The van der Waals surface area contributed by atoms with Gasteiger partial charge in [-0.25, -0.2) is 0 Å². The maximum absolute atomic E-state index is 12.2. The topological polar surface area (TPSA) is 54.0 Å². The van der Waals surface area contributed by atoms with E-state index in [1.807, 2.05) is 23.1 Å². The van der Waals surface area contributed by atoms with Crippen LogP contribution in [0.1, 0.15) is 12.5 Å². The van der Waals surface area contributed by atoms with Crippen LogP contribution in [0.5, 0.6) is 11.5 Å². The summed E-state index contributed by atoms with van der Waals surface area (Å²) in [5.74, 6) is 1.58. The summed E-state index contributed by atoms with van der Waals surface area (Å²) in [4.78, 5) is 16.5. The van der Waals surface area contributed by atoms with Crippen molar-refractivity contribution >= 4 is 5.91 Å². The molecule has 1 heterocycles. The molecule has 128 valence electrons. The Kier molecular flexibility index (Phi) is 6.67. The second-order valence-corrected chi connectivity index (χ2v) is 5.61. The van der Waals surface area contributed by atoms with E-state index in [0.717, 1.165) is 38.3 Å². The molecule has 0 spiro atoms. The molecule has 1 aliphatic rings. The average molecular weight is 321 g/mol. The number of nitrogens with zero attached hydrogens (tertiary/aromatic N) is 2. The first-order chi connectivity index (χ1) is 11.2. The van der Waals surface area contributed by atoms with Crippen molar-refractivity contribution in [3.63, 3.8) is 0 Å². The van der Waals surface area contributed by atoms with Gasteiger partial charge in [-0.1, -0.05) is 13.0 Å². The number of methoxy groups -OCH3 is 2. The maximum Gasteiger partial charge on any atom is 0.236 e. The van der Waals surface area contributed by atoms with Gasteiger partial charge in [0.15, 0.2) is 11.5 Å². The Morgan fingerprint density at radius 3 is 2.43 bits per heavy atom. The second kappa shape index (κ2) is 8.74. The molecule has 1 saturated heterocycles. The van der Waals surface area contributed by atoms with E-state index in [4.69, 9.17) is 9.47 Å². The monoisotopic (exact) mass is 321 g/mol. The van der Waals surface area contributed by atoms with Crippen LogP contribution in [0.2, 0.25) is 0 Å². The van der Waals surface area contributed by atoms with Crippen LogP contribution >= 0.6 is 0 Å². The number of hydrogen-bond acceptors (Lipinski definition) is 5. The standard InChI is InChI=1S/C17H27N3O3/c1-4-19-7-9-20(10-8-19)17(21)13-18-12-14-5-6-15(22-2)16(11-14)23-3/h5-6,11,18H,4,7-10,12-13H2,1-3H3. The van der Waals surface area contributed by atoms with Crippen molar-refractivity contribution in [3.05, 3.63) is 23.8 Å². The fourth-order valence-corrected chi connectivity index (χ4v) is 2.73. The molecule has 0 aromatic heterocycles. The molecule has 23 heavy (non-hydrogen) atoms. The summed E-state index contributed by atoms with van der Waals surface area (Å²) in [6.07, 6.45) is 0. The first-order valence-electron chi connectivity index (χ1n) is 8.09. The molecular formula is C17H27N3O3. The third kappa shape index (κ3) is 4.84. The highest BCUT2D eigenvalue weighted by Crippen LogP contribution is 2.27. The maximum atomic E-state index is 12.2. The Labute approximate surface area is 138 Å². The third-order valence-electron chi connectivity index (χ3n) is 4.23. The van der Waals surface area contributed by atoms with Crippen LogP contribution in [-0.2, 0) is 11.3 Å². The highest BCUT2D eigenvalue weighted by molar-refractivity contribution is 5.78. The fourth-order valence-electron chi connectivity index (χ4n) is 2.73. The number of nitrogens with one attached hydrogen (secondary N) is 1. The zero-order valence-corrected chi connectivity index (χ0v) is 14.3. The van der Waals surface area contributed by atoms with Gasteiger partial charge in [-0.3, -0.25) is 4.79 Å². The molecule has 0 bridgehead atoms. The molecule has 6 nitrogen and oxygen atoms in total. The number of rotatable bonds is 7. The van der Waals surface area contributed by atoms with Crippen molar-refractivity contribution in [3.8, 4) is 11.5 Å². The van der Waals surface area contributed by atoms with Gasteiger partial charge in [0.2, 0.25) is 5.91 Å². The predicted molar refractivity (Wildman–Crippen MR) is 89.9 cm³/mol. The molecule has 1 aromatic carbocycles. The largest absolute Gasteiger partial charge is 0.493 e. The zero-order valence-electron chi connectivity index (χ0n) is 14.3. The molecule has 1 aliphatic heterocycles. The molecule has 2 rings (SSSR count). The van der Waals surface area contributed by atoms with Crippen molar-refractivity contribution in [1.82, 2.24) is 15.1 Å². The van der Waals surface area contributed by atoms with Gasteiger partial charge in [-0.2, -0.15) is 0 Å². The lowest BCUT2D eigenvalue weighted by Crippen LogP contribution is -2.50. The smallest absolute Gasteiger partial charge is 0.236 e. The summed E-state index contributed by atoms with van der Waals surface area (Å²) >= 11 is 0. The van der Waals surface area contributed by atoms with Crippen LogP contribution in [0.3, 0.4) is 0 Å². The van der Waals surface area contributed by atoms with Crippen molar-refractivity contribution in [2.75, 3.05) is 53.5 Å². The molecule has 0 unspecified atom stereocenters. The molecule has 0 aliphatic carbocycles. The van der Waals surface area contributed by atoms with Crippen molar-refractivity contribution in [2.45, 2.75) is 13.5 Å².